The number of nitrogens with zero attached hydrogens (tertiary/aromatic N) is 2. The largest absolute Gasteiger partial charge is 0.483 e. The molecule has 0 aromatic heterocycles. The quantitative estimate of drug-likeness (QED) is 0.510. The molecular weight excluding hydrogens is 263 g/mol. The summed E-state index contributed by atoms with van der Waals surface area (Å²) in [6, 6.07) is 4.18. The predicted octanol–water partition coefficient (Wildman–Crippen LogP) is 2.02. The SMILES string of the molecule is C/C(=N\O)c1cc(F)ccc1OCC(=O)N(C)C1CC1. The molecule has 1 aliphatic rings. The standard InChI is InChI=1S/C14H17FN2O3/c1-9(16-19)12-7-10(15)3-6-13(12)20-8-14(18)17(2)11-4-5-11/h3,6-7,11,19H,4-5,8H2,1-2H3/b16-9+. The van der Waals surface area contributed by atoms with Gasteiger partial charge in [0, 0.05) is 18.7 Å². The Hall–Kier alpha value is -2.11. The van der Waals surface area contributed by atoms with Crippen LogP contribution < -0.4 is 4.74 Å². The van der Waals surface area contributed by atoms with Gasteiger partial charge in [-0.2, -0.15) is 0 Å². The summed E-state index contributed by atoms with van der Waals surface area (Å²) in [6.45, 7) is 1.41. The molecule has 6 heteroatoms. The summed E-state index contributed by atoms with van der Waals surface area (Å²) < 4.78 is 18.6. The molecule has 0 unspecified atom stereocenters. The first kappa shape index (κ1) is 14.3. The summed E-state index contributed by atoms with van der Waals surface area (Å²) in [5.41, 5.74) is 0.553. The Balaban J connectivity index is 2.07. The monoisotopic (exact) mass is 280 g/mol. The molecule has 1 fully saturated rings. The minimum atomic E-state index is -0.461. The number of amides is 1. The first-order valence-corrected chi connectivity index (χ1v) is 6.40. The van der Waals surface area contributed by atoms with Gasteiger partial charge in [-0.1, -0.05) is 5.16 Å². The van der Waals surface area contributed by atoms with Crippen LogP contribution in [0.1, 0.15) is 25.3 Å². The van der Waals surface area contributed by atoms with Gasteiger partial charge in [0.15, 0.2) is 6.61 Å². The molecular formula is C14H17FN2O3. The maximum absolute atomic E-state index is 13.2. The fraction of sp³-hybridized carbons (Fsp3) is 0.429. The Morgan fingerprint density at radius 2 is 2.25 bits per heavy atom. The topological polar surface area (TPSA) is 62.1 Å². The summed E-state index contributed by atoms with van der Waals surface area (Å²) in [4.78, 5) is 13.5. The molecule has 0 heterocycles. The van der Waals surface area contributed by atoms with Crippen LogP contribution in [0.5, 0.6) is 5.75 Å². The minimum absolute atomic E-state index is 0.121. The van der Waals surface area contributed by atoms with Gasteiger partial charge < -0.3 is 14.8 Å². The lowest BCUT2D eigenvalue weighted by molar-refractivity contribution is -0.132. The third-order valence-electron chi connectivity index (χ3n) is 3.32. The third kappa shape index (κ3) is 3.26. The van der Waals surface area contributed by atoms with E-state index in [-0.39, 0.29) is 18.2 Å². The average molecular weight is 280 g/mol. The van der Waals surface area contributed by atoms with Crippen molar-refractivity contribution in [2.24, 2.45) is 5.16 Å². The zero-order chi connectivity index (χ0) is 14.7. The summed E-state index contributed by atoms with van der Waals surface area (Å²) >= 11 is 0. The van der Waals surface area contributed by atoms with E-state index in [0.29, 0.717) is 17.4 Å². The van der Waals surface area contributed by atoms with Crippen molar-refractivity contribution in [3.63, 3.8) is 0 Å². The molecule has 1 N–H and O–H groups in total. The van der Waals surface area contributed by atoms with Crippen LogP contribution in [0.2, 0.25) is 0 Å². The van der Waals surface area contributed by atoms with E-state index in [0.717, 1.165) is 12.8 Å². The van der Waals surface area contributed by atoms with Crippen molar-refractivity contribution in [3.05, 3.63) is 29.6 Å². The van der Waals surface area contributed by atoms with E-state index in [4.69, 9.17) is 9.94 Å². The van der Waals surface area contributed by atoms with Crippen molar-refractivity contribution in [2.45, 2.75) is 25.8 Å². The van der Waals surface area contributed by atoms with Crippen molar-refractivity contribution in [1.82, 2.24) is 4.90 Å². The van der Waals surface area contributed by atoms with Gasteiger partial charge in [-0.3, -0.25) is 4.79 Å². The van der Waals surface area contributed by atoms with Gasteiger partial charge >= 0.3 is 0 Å². The average Bonchev–Trinajstić information content (AvgIpc) is 3.28. The fourth-order valence-electron chi connectivity index (χ4n) is 1.87. The number of oxime groups is 1. The number of ether oxygens (including phenoxy) is 1. The maximum Gasteiger partial charge on any atom is 0.260 e. The molecule has 108 valence electrons. The first-order chi connectivity index (χ1) is 9.52. The molecule has 0 aliphatic heterocycles. The van der Waals surface area contributed by atoms with Gasteiger partial charge in [-0.15, -0.1) is 0 Å². The van der Waals surface area contributed by atoms with Crippen molar-refractivity contribution < 1.29 is 19.1 Å². The number of carbonyl (C=O) groups excluding carboxylic acids is 1. The first-order valence-electron chi connectivity index (χ1n) is 6.40. The number of benzene rings is 1. The Morgan fingerprint density at radius 1 is 1.55 bits per heavy atom. The van der Waals surface area contributed by atoms with E-state index in [1.54, 1.807) is 11.9 Å². The summed E-state index contributed by atoms with van der Waals surface area (Å²) in [5.74, 6) is -0.266. The summed E-state index contributed by atoms with van der Waals surface area (Å²) in [5, 5.41) is 11.8. The zero-order valence-corrected chi connectivity index (χ0v) is 11.5. The van der Waals surface area contributed by atoms with Crippen molar-refractivity contribution >= 4 is 11.6 Å². The highest BCUT2D eigenvalue weighted by atomic mass is 19.1. The molecule has 1 aliphatic carbocycles. The highest BCUT2D eigenvalue weighted by molar-refractivity contribution is 6.00. The molecule has 0 spiro atoms. The van der Waals surface area contributed by atoms with Crippen LogP contribution in [0.25, 0.3) is 0 Å². The molecule has 5 nitrogen and oxygen atoms in total. The Labute approximate surface area is 116 Å². The second-order valence-electron chi connectivity index (χ2n) is 4.85. The normalized spacial score (nSPS) is 15.1. The molecule has 0 radical (unpaired) electrons. The predicted molar refractivity (Wildman–Crippen MR) is 71.7 cm³/mol. The highest BCUT2D eigenvalue weighted by Gasteiger charge is 2.29. The Morgan fingerprint density at radius 3 is 2.85 bits per heavy atom. The number of rotatable bonds is 5. The Bertz CT molecular complexity index is 541. The van der Waals surface area contributed by atoms with Crippen LogP contribution in [0.4, 0.5) is 4.39 Å². The van der Waals surface area contributed by atoms with E-state index in [1.807, 2.05) is 0 Å². The van der Waals surface area contributed by atoms with Crippen molar-refractivity contribution in [1.29, 1.82) is 0 Å². The van der Waals surface area contributed by atoms with Gasteiger partial charge in [0.2, 0.25) is 0 Å². The highest BCUT2D eigenvalue weighted by Crippen LogP contribution is 2.26. The number of halogens is 1. The number of carbonyl (C=O) groups is 1. The fourth-order valence-corrected chi connectivity index (χ4v) is 1.87. The molecule has 20 heavy (non-hydrogen) atoms. The molecule has 1 aromatic carbocycles. The zero-order valence-electron chi connectivity index (χ0n) is 11.5. The van der Waals surface area contributed by atoms with E-state index in [1.165, 1.54) is 25.1 Å². The van der Waals surface area contributed by atoms with Crippen molar-refractivity contribution in [3.8, 4) is 5.75 Å². The van der Waals surface area contributed by atoms with Crippen LogP contribution in [-0.4, -0.2) is 41.4 Å². The van der Waals surface area contributed by atoms with Crippen molar-refractivity contribution in [2.75, 3.05) is 13.7 Å². The lowest BCUT2D eigenvalue weighted by atomic mass is 10.1. The second-order valence-corrected chi connectivity index (χ2v) is 4.85. The number of hydrogen-bond donors (Lipinski definition) is 1. The van der Waals surface area contributed by atoms with Gasteiger partial charge in [-0.05, 0) is 38.0 Å². The van der Waals surface area contributed by atoms with E-state index in [2.05, 4.69) is 5.16 Å². The molecule has 0 saturated heterocycles. The summed E-state index contributed by atoms with van der Waals surface area (Å²) in [7, 11) is 1.75. The third-order valence-corrected chi connectivity index (χ3v) is 3.32. The van der Waals surface area contributed by atoms with Gasteiger partial charge in [0.1, 0.15) is 11.6 Å². The molecule has 2 rings (SSSR count). The van der Waals surface area contributed by atoms with Gasteiger partial charge in [0.25, 0.3) is 5.91 Å². The number of likely N-dealkylation sites (N-methyl/N-ethyl adjacent to an activating group) is 1. The molecule has 1 aromatic rings. The van der Waals surface area contributed by atoms with E-state index in [9.17, 15) is 9.18 Å². The maximum atomic E-state index is 13.2. The van der Waals surface area contributed by atoms with Crippen LogP contribution >= 0.6 is 0 Å². The van der Waals surface area contributed by atoms with Gasteiger partial charge in [0.05, 0.1) is 5.71 Å². The molecule has 0 atom stereocenters. The smallest absolute Gasteiger partial charge is 0.260 e. The lowest BCUT2D eigenvalue weighted by Crippen LogP contribution is -2.33. The number of hydrogen-bond acceptors (Lipinski definition) is 4. The second kappa shape index (κ2) is 5.90. The van der Waals surface area contributed by atoms with Crippen LogP contribution in [-0.2, 0) is 4.79 Å². The molecule has 1 saturated carbocycles. The lowest BCUT2D eigenvalue weighted by Gasteiger charge is -2.17. The molecule has 0 bridgehead atoms. The molecule has 1 amide bonds. The van der Waals surface area contributed by atoms with Crippen LogP contribution in [0, 0.1) is 5.82 Å². The minimum Gasteiger partial charge on any atom is -0.483 e. The van der Waals surface area contributed by atoms with Crippen LogP contribution in [0.3, 0.4) is 0 Å². The Kier molecular flexibility index (Phi) is 4.22. The van der Waals surface area contributed by atoms with Gasteiger partial charge in [-0.25, -0.2) is 4.39 Å². The van der Waals surface area contributed by atoms with Crippen LogP contribution in [0.15, 0.2) is 23.4 Å². The van der Waals surface area contributed by atoms with E-state index < -0.39 is 5.82 Å². The summed E-state index contributed by atoms with van der Waals surface area (Å²) in [6.07, 6.45) is 2.06. The van der Waals surface area contributed by atoms with E-state index >= 15 is 0 Å².